The normalized spacial score (nSPS) is 29.8. The number of hydrogen-bond acceptors (Lipinski definition) is 5. The first kappa shape index (κ1) is 15.4. The second kappa shape index (κ2) is 6.32. The van der Waals surface area contributed by atoms with Gasteiger partial charge in [0.2, 0.25) is 0 Å². The molecule has 0 aromatic heterocycles. The maximum atomic E-state index is 10.0. The molecule has 5 nitrogen and oxygen atoms in total. The summed E-state index contributed by atoms with van der Waals surface area (Å²) < 4.78 is 0. The van der Waals surface area contributed by atoms with Gasteiger partial charge in [-0.1, -0.05) is 36.4 Å². The Morgan fingerprint density at radius 3 is 2.41 bits per heavy atom. The lowest BCUT2D eigenvalue weighted by Gasteiger charge is -2.43. The molecule has 3 rings (SSSR count). The standard InChI is InChI=1S/C17H21NO4/c19-10-14-16(21)17(22)15(20)9-18(14)8-11-5-6-12-3-1-2-4-13(12)7-11/h1-7,14-17,19-22H,8-10H2/t14?,15-,16+,17-/m0/s1. The van der Waals surface area contributed by atoms with Crippen molar-refractivity contribution in [2.45, 2.75) is 30.9 Å². The van der Waals surface area contributed by atoms with E-state index < -0.39 is 24.4 Å². The number of likely N-dealkylation sites (tertiary alicyclic amines) is 1. The van der Waals surface area contributed by atoms with Gasteiger partial charge in [0.25, 0.3) is 0 Å². The van der Waals surface area contributed by atoms with E-state index in [9.17, 15) is 20.4 Å². The van der Waals surface area contributed by atoms with Crippen LogP contribution in [0.1, 0.15) is 5.56 Å². The number of aliphatic hydroxyl groups excluding tert-OH is 4. The molecular formula is C17H21NO4. The van der Waals surface area contributed by atoms with E-state index in [1.807, 2.05) is 41.3 Å². The van der Waals surface area contributed by atoms with Gasteiger partial charge in [0, 0.05) is 13.1 Å². The topological polar surface area (TPSA) is 84.2 Å². The van der Waals surface area contributed by atoms with Crippen LogP contribution in [-0.2, 0) is 6.54 Å². The summed E-state index contributed by atoms with van der Waals surface area (Å²) in [6.45, 7) is 0.450. The third kappa shape index (κ3) is 2.86. The van der Waals surface area contributed by atoms with Crippen molar-refractivity contribution in [2.24, 2.45) is 0 Å². The summed E-state index contributed by atoms with van der Waals surface area (Å²) in [4.78, 5) is 1.81. The van der Waals surface area contributed by atoms with Gasteiger partial charge in [0.15, 0.2) is 0 Å². The molecule has 0 amide bonds. The number of aliphatic hydroxyl groups is 4. The van der Waals surface area contributed by atoms with Gasteiger partial charge in [-0.25, -0.2) is 0 Å². The Morgan fingerprint density at radius 1 is 0.955 bits per heavy atom. The zero-order valence-electron chi connectivity index (χ0n) is 12.2. The van der Waals surface area contributed by atoms with Crippen molar-refractivity contribution in [3.63, 3.8) is 0 Å². The molecule has 118 valence electrons. The minimum Gasteiger partial charge on any atom is -0.395 e. The predicted molar refractivity (Wildman–Crippen MR) is 83.3 cm³/mol. The highest BCUT2D eigenvalue weighted by molar-refractivity contribution is 5.82. The zero-order valence-corrected chi connectivity index (χ0v) is 12.2. The van der Waals surface area contributed by atoms with E-state index in [-0.39, 0.29) is 13.2 Å². The highest BCUT2D eigenvalue weighted by Crippen LogP contribution is 2.23. The monoisotopic (exact) mass is 303 g/mol. The average molecular weight is 303 g/mol. The fourth-order valence-electron chi connectivity index (χ4n) is 3.13. The van der Waals surface area contributed by atoms with Crippen LogP contribution in [0.2, 0.25) is 0 Å². The number of fused-ring (bicyclic) bond motifs is 1. The van der Waals surface area contributed by atoms with Gasteiger partial charge in [-0.05, 0) is 22.4 Å². The Labute approximate surface area is 129 Å². The Balaban J connectivity index is 1.83. The zero-order chi connectivity index (χ0) is 15.7. The molecule has 1 aliphatic rings. The molecule has 4 atom stereocenters. The first-order valence-corrected chi connectivity index (χ1v) is 7.47. The SMILES string of the molecule is OCC1[C@@H](O)[C@@H](O)[C@@H](O)CN1Cc1ccc2ccccc2c1. The summed E-state index contributed by atoms with van der Waals surface area (Å²) in [5.74, 6) is 0. The van der Waals surface area contributed by atoms with Crippen LogP contribution in [0.25, 0.3) is 10.8 Å². The van der Waals surface area contributed by atoms with Gasteiger partial charge in [0.1, 0.15) is 12.2 Å². The summed E-state index contributed by atoms with van der Waals surface area (Å²) in [6, 6.07) is 13.6. The maximum Gasteiger partial charge on any atom is 0.109 e. The molecule has 0 spiro atoms. The Morgan fingerprint density at radius 2 is 1.68 bits per heavy atom. The molecular weight excluding hydrogens is 282 g/mol. The number of piperidine rings is 1. The molecule has 2 aromatic rings. The van der Waals surface area contributed by atoms with E-state index in [4.69, 9.17) is 0 Å². The number of hydrogen-bond donors (Lipinski definition) is 4. The largest absolute Gasteiger partial charge is 0.395 e. The Hall–Kier alpha value is -1.50. The lowest BCUT2D eigenvalue weighted by molar-refractivity contribution is -0.147. The van der Waals surface area contributed by atoms with Crippen LogP contribution in [0.4, 0.5) is 0 Å². The quantitative estimate of drug-likeness (QED) is 0.646. The fourth-order valence-corrected chi connectivity index (χ4v) is 3.13. The van der Waals surface area contributed by atoms with E-state index in [1.54, 1.807) is 0 Å². The number of nitrogens with zero attached hydrogens (tertiary/aromatic N) is 1. The minimum atomic E-state index is -1.22. The summed E-state index contributed by atoms with van der Waals surface area (Å²) in [7, 11) is 0. The lowest BCUT2D eigenvalue weighted by atomic mass is 9.93. The van der Waals surface area contributed by atoms with Crippen molar-refractivity contribution >= 4 is 10.8 Å². The molecule has 2 aromatic carbocycles. The summed E-state index contributed by atoms with van der Waals surface area (Å²) in [6.07, 6.45) is -3.39. The second-order valence-corrected chi connectivity index (χ2v) is 5.91. The van der Waals surface area contributed by atoms with Gasteiger partial charge in [-0.15, -0.1) is 0 Å². The van der Waals surface area contributed by atoms with Crippen molar-refractivity contribution in [3.8, 4) is 0 Å². The summed E-state index contributed by atoms with van der Waals surface area (Å²) in [5.41, 5.74) is 1.04. The first-order valence-electron chi connectivity index (χ1n) is 7.47. The van der Waals surface area contributed by atoms with Gasteiger partial charge in [-0.3, -0.25) is 4.90 Å². The molecule has 1 unspecified atom stereocenters. The summed E-state index contributed by atoms with van der Waals surface area (Å²) >= 11 is 0. The number of β-amino-alcohol motifs (C(OH)–C–C–N with tert-alkyl or cyclic N) is 1. The van der Waals surface area contributed by atoms with E-state index in [2.05, 4.69) is 6.07 Å². The molecule has 22 heavy (non-hydrogen) atoms. The number of benzene rings is 2. The van der Waals surface area contributed by atoms with E-state index >= 15 is 0 Å². The van der Waals surface area contributed by atoms with Crippen molar-refractivity contribution in [1.82, 2.24) is 4.90 Å². The molecule has 1 fully saturated rings. The molecule has 5 heteroatoms. The van der Waals surface area contributed by atoms with Crippen LogP contribution < -0.4 is 0 Å². The van der Waals surface area contributed by atoms with Crippen LogP contribution in [-0.4, -0.2) is 62.8 Å². The van der Waals surface area contributed by atoms with E-state index in [0.29, 0.717) is 6.54 Å². The molecule has 1 heterocycles. The van der Waals surface area contributed by atoms with Crippen LogP contribution in [0.3, 0.4) is 0 Å². The summed E-state index contributed by atoms with van der Waals surface area (Å²) in [5, 5.41) is 41.4. The van der Waals surface area contributed by atoms with Gasteiger partial charge >= 0.3 is 0 Å². The molecule has 1 saturated heterocycles. The highest BCUT2D eigenvalue weighted by atomic mass is 16.4. The van der Waals surface area contributed by atoms with Crippen LogP contribution >= 0.6 is 0 Å². The van der Waals surface area contributed by atoms with E-state index in [1.165, 1.54) is 0 Å². The Bertz CT molecular complexity index is 647. The van der Waals surface area contributed by atoms with Crippen LogP contribution in [0.15, 0.2) is 42.5 Å². The lowest BCUT2D eigenvalue weighted by Crippen LogP contribution is -2.62. The molecule has 0 radical (unpaired) electrons. The maximum absolute atomic E-state index is 10.0. The van der Waals surface area contributed by atoms with Crippen LogP contribution in [0.5, 0.6) is 0 Å². The third-order valence-corrected chi connectivity index (χ3v) is 4.42. The fraction of sp³-hybridized carbons (Fsp3) is 0.412. The molecule has 4 N–H and O–H groups in total. The van der Waals surface area contributed by atoms with Gasteiger partial charge in [-0.2, -0.15) is 0 Å². The first-order chi connectivity index (χ1) is 10.6. The van der Waals surface area contributed by atoms with Gasteiger partial charge in [0.05, 0.1) is 18.8 Å². The highest BCUT2D eigenvalue weighted by Gasteiger charge is 2.40. The van der Waals surface area contributed by atoms with Gasteiger partial charge < -0.3 is 20.4 Å². The predicted octanol–water partition coefficient (Wildman–Crippen LogP) is 0.0990. The minimum absolute atomic E-state index is 0.219. The van der Waals surface area contributed by atoms with Crippen molar-refractivity contribution in [2.75, 3.05) is 13.2 Å². The molecule has 0 bridgehead atoms. The molecule has 0 saturated carbocycles. The van der Waals surface area contributed by atoms with E-state index in [0.717, 1.165) is 16.3 Å². The molecule has 1 aliphatic heterocycles. The van der Waals surface area contributed by atoms with Crippen LogP contribution in [0, 0.1) is 0 Å². The van der Waals surface area contributed by atoms with Crippen molar-refractivity contribution in [3.05, 3.63) is 48.0 Å². The molecule has 0 aliphatic carbocycles. The van der Waals surface area contributed by atoms with Crippen molar-refractivity contribution in [1.29, 1.82) is 0 Å². The smallest absolute Gasteiger partial charge is 0.109 e. The Kier molecular flexibility index (Phi) is 4.42. The second-order valence-electron chi connectivity index (χ2n) is 5.91. The number of rotatable bonds is 3. The third-order valence-electron chi connectivity index (χ3n) is 4.42. The average Bonchev–Trinajstić information content (AvgIpc) is 2.53. The van der Waals surface area contributed by atoms with Crippen molar-refractivity contribution < 1.29 is 20.4 Å².